The van der Waals surface area contributed by atoms with Gasteiger partial charge in [-0.15, -0.1) is 0 Å². The molecule has 0 aliphatic carbocycles. The van der Waals surface area contributed by atoms with Gasteiger partial charge in [0.2, 0.25) is 0 Å². The zero-order valence-corrected chi connectivity index (χ0v) is 16.7. The number of rotatable bonds is 3. The van der Waals surface area contributed by atoms with E-state index in [4.69, 9.17) is 16.7 Å². The molecule has 0 saturated heterocycles. The molecule has 0 amide bonds. The van der Waals surface area contributed by atoms with Crippen LogP contribution >= 0.6 is 11.6 Å². The van der Waals surface area contributed by atoms with Gasteiger partial charge < -0.3 is 5.32 Å². The van der Waals surface area contributed by atoms with Crippen molar-refractivity contribution in [3.05, 3.63) is 64.2 Å². The van der Waals surface area contributed by atoms with Crippen LogP contribution in [-0.4, -0.2) is 16.3 Å². The highest BCUT2D eigenvalue weighted by atomic mass is 35.5. The largest absolute Gasteiger partial charge is 0.417 e. The summed E-state index contributed by atoms with van der Waals surface area (Å²) in [5, 5.41) is 7.92. The molecule has 3 aromatic rings. The molecule has 1 aromatic heterocycles. The molecule has 0 saturated carbocycles. The van der Waals surface area contributed by atoms with Gasteiger partial charge in [-0.2, -0.15) is 18.3 Å². The molecule has 3 nitrogen and oxygen atoms in total. The van der Waals surface area contributed by atoms with Crippen molar-refractivity contribution in [2.45, 2.75) is 38.8 Å². The summed E-state index contributed by atoms with van der Waals surface area (Å²) in [5.74, 6) is 0.863. The minimum Gasteiger partial charge on any atom is -0.370 e. The average molecular weight is 420 g/mol. The van der Waals surface area contributed by atoms with E-state index in [1.54, 1.807) is 6.07 Å². The Kier molecular flexibility index (Phi) is 5.30. The molecule has 0 atom stereocenters. The maximum Gasteiger partial charge on any atom is 0.417 e. The van der Waals surface area contributed by atoms with E-state index in [9.17, 15) is 13.2 Å². The molecule has 1 N–H and O–H groups in total. The highest BCUT2D eigenvalue weighted by molar-refractivity contribution is 6.31. The summed E-state index contributed by atoms with van der Waals surface area (Å²) in [6, 6.07) is 12.0. The standard InChI is InChI=1S/C22H21ClF3N3/c1-2-14-7-3-4-9-19(14)29-21-16(8-5-6-12-27-21)20(28-29)15-10-11-18(23)17(13-15)22(24,25)26/h3-4,7,9-11,13,27H,2,5-6,8,12H2,1H3. The number of fused-ring (bicyclic) bond motifs is 1. The van der Waals surface area contributed by atoms with Crippen LogP contribution in [-0.2, 0) is 19.0 Å². The van der Waals surface area contributed by atoms with Crippen molar-refractivity contribution < 1.29 is 13.2 Å². The summed E-state index contributed by atoms with van der Waals surface area (Å²) in [6.07, 6.45) is -0.972. The normalized spacial score (nSPS) is 14.2. The van der Waals surface area contributed by atoms with E-state index in [2.05, 4.69) is 12.2 Å². The zero-order chi connectivity index (χ0) is 20.6. The van der Waals surface area contributed by atoms with E-state index in [0.717, 1.165) is 60.9 Å². The molecule has 0 spiro atoms. The molecular formula is C22H21ClF3N3. The molecular weight excluding hydrogens is 399 g/mol. The highest BCUT2D eigenvalue weighted by Crippen LogP contribution is 2.40. The molecule has 29 heavy (non-hydrogen) atoms. The predicted molar refractivity (Wildman–Crippen MR) is 110 cm³/mol. The SMILES string of the molecule is CCc1ccccc1-n1nc(-c2ccc(Cl)c(C(F)(F)F)c2)c2c1NCCCC2. The van der Waals surface area contributed by atoms with Crippen LogP contribution in [0.2, 0.25) is 5.02 Å². The number of hydrogen-bond acceptors (Lipinski definition) is 2. The molecule has 4 rings (SSSR count). The van der Waals surface area contributed by atoms with Crippen LogP contribution in [0.3, 0.4) is 0 Å². The number of anilines is 1. The second-order valence-corrected chi connectivity index (χ2v) is 7.55. The van der Waals surface area contributed by atoms with Gasteiger partial charge in [-0.3, -0.25) is 0 Å². The van der Waals surface area contributed by atoms with Crippen molar-refractivity contribution in [2.24, 2.45) is 0 Å². The van der Waals surface area contributed by atoms with Crippen molar-refractivity contribution in [1.29, 1.82) is 0 Å². The quantitative estimate of drug-likeness (QED) is 0.523. The number of halogens is 4. The summed E-state index contributed by atoms with van der Waals surface area (Å²) < 4.78 is 42.0. The predicted octanol–water partition coefficient (Wildman–Crippen LogP) is 6.52. The van der Waals surface area contributed by atoms with Crippen molar-refractivity contribution in [2.75, 3.05) is 11.9 Å². The number of nitrogens with one attached hydrogen (secondary N) is 1. The maximum atomic E-state index is 13.4. The number of nitrogens with zero attached hydrogens (tertiary/aromatic N) is 2. The van der Waals surface area contributed by atoms with Crippen LogP contribution in [0.25, 0.3) is 16.9 Å². The molecule has 0 bridgehead atoms. The van der Waals surface area contributed by atoms with Crippen LogP contribution in [0.1, 0.15) is 36.5 Å². The lowest BCUT2D eigenvalue weighted by Gasteiger charge is -2.12. The first-order valence-corrected chi connectivity index (χ1v) is 10.1. The van der Waals surface area contributed by atoms with E-state index in [-0.39, 0.29) is 5.02 Å². The summed E-state index contributed by atoms with van der Waals surface area (Å²) >= 11 is 5.82. The molecule has 1 aliphatic rings. The fourth-order valence-electron chi connectivity index (χ4n) is 3.81. The Morgan fingerprint density at radius 2 is 1.93 bits per heavy atom. The number of hydrogen-bond donors (Lipinski definition) is 1. The first-order chi connectivity index (χ1) is 13.9. The Bertz CT molecular complexity index is 1040. The highest BCUT2D eigenvalue weighted by Gasteiger charge is 2.34. The van der Waals surface area contributed by atoms with Gasteiger partial charge in [0, 0.05) is 17.7 Å². The number of aryl methyl sites for hydroxylation is 1. The average Bonchev–Trinajstić information content (AvgIpc) is 2.88. The first-order valence-electron chi connectivity index (χ1n) is 9.71. The Labute approximate surface area is 172 Å². The third-order valence-corrected chi connectivity index (χ3v) is 5.60. The molecule has 0 unspecified atom stereocenters. The van der Waals surface area contributed by atoms with Crippen molar-refractivity contribution in [3.8, 4) is 16.9 Å². The summed E-state index contributed by atoms with van der Waals surface area (Å²) in [4.78, 5) is 0. The van der Waals surface area contributed by atoms with E-state index >= 15 is 0 Å². The smallest absolute Gasteiger partial charge is 0.370 e. The second-order valence-electron chi connectivity index (χ2n) is 7.15. The van der Waals surface area contributed by atoms with E-state index < -0.39 is 11.7 Å². The van der Waals surface area contributed by atoms with Gasteiger partial charge in [-0.1, -0.05) is 42.8 Å². The van der Waals surface area contributed by atoms with Crippen LogP contribution in [0.5, 0.6) is 0 Å². The van der Waals surface area contributed by atoms with Crippen LogP contribution < -0.4 is 5.32 Å². The van der Waals surface area contributed by atoms with Crippen LogP contribution in [0.15, 0.2) is 42.5 Å². The monoisotopic (exact) mass is 419 g/mol. The minimum atomic E-state index is -4.51. The molecule has 0 radical (unpaired) electrons. The molecule has 1 aliphatic heterocycles. The lowest BCUT2D eigenvalue weighted by atomic mass is 10.0. The summed E-state index contributed by atoms with van der Waals surface area (Å²) in [5.41, 5.74) is 3.18. The Hall–Kier alpha value is -2.47. The number of alkyl halides is 3. The topological polar surface area (TPSA) is 29.9 Å². The molecule has 2 heterocycles. The third-order valence-electron chi connectivity index (χ3n) is 5.28. The molecule has 2 aromatic carbocycles. The fourth-order valence-corrected chi connectivity index (χ4v) is 4.04. The number of aromatic nitrogens is 2. The fraction of sp³-hybridized carbons (Fsp3) is 0.318. The summed E-state index contributed by atoms with van der Waals surface area (Å²) in [6.45, 7) is 2.88. The van der Waals surface area contributed by atoms with Gasteiger partial charge in [0.15, 0.2) is 0 Å². The lowest BCUT2D eigenvalue weighted by molar-refractivity contribution is -0.137. The lowest BCUT2D eigenvalue weighted by Crippen LogP contribution is -2.08. The second kappa shape index (κ2) is 7.75. The molecule has 0 fully saturated rings. The number of benzene rings is 2. The zero-order valence-electron chi connectivity index (χ0n) is 16.0. The van der Waals surface area contributed by atoms with Crippen molar-refractivity contribution in [3.63, 3.8) is 0 Å². The molecule has 7 heteroatoms. The Balaban J connectivity index is 1.93. The van der Waals surface area contributed by atoms with Gasteiger partial charge >= 0.3 is 6.18 Å². The number of para-hydroxylation sites is 1. The van der Waals surface area contributed by atoms with Gasteiger partial charge in [0.1, 0.15) is 5.82 Å². The third kappa shape index (κ3) is 3.73. The Morgan fingerprint density at radius 3 is 2.69 bits per heavy atom. The van der Waals surface area contributed by atoms with E-state index in [1.165, 1.54) is 6.07 Å². The van der Waals surface area contributed by atoms with E-state index in [0.29, 0.717) is 11.3 Å². The van der Waals surface area contributed by atoms with Gasteiger partial charge in [-0.05, 0) is 49.4 Å². The molecule has 152 valence electrons. The van der Waals surface area contributed by atoms with Crippen LogP contribution in [0.4, 0.5) is 19.0 Å². The van der Waals surface area contributed by atoms with Gasteiger partial charge in [0.25, 0.3) is 0 Å². The minimum absolute atomic E-state index is 0.304. The Morgan fingerprint density at radius 1 is 1.14 bits per heavy atom. The van der Waals surface area contributed by atoms with Gasteiger partial charge in [0.05, 0.1) is 22.0 Å². The van der Waals surface area contributed by atoms with Gasteiger partial charge in [-0.25, -0.2) is 4.68 Å². The summed E-state index contributed by atoms with van der Waals surface area (Å²) in [7, 11) is 0. The van der Waals surface area contributed by atoms with Crippen molar-refractivity contribution in [1.82, 2.24) is 9.78 Å². The van der Waals surface area contributed by atoms with E-state index in [1.807, 2.05) is 28.9 Å². The van der Waals surface area contributed by atoms with Crippen molar-refractivity contribution >= 4 is 17.4 Å². The first kappa shape index (κ1) is 19.8. The van der Waals surface area contributed by atoms with Crippen LogP contribution in [0, 0.1) is 0 Å². The maximum absolute atomic E-state index is 13.4.